The standard InChI is InChI=1S/C37H47ClN6O7S/c1-23-31(42-17-16-41(4)24(20-42)22-50-5)7-6-26-25-8-13-43(21-29(25)36(47)51-33(23)26)35(46)27-19-32(40(2)3)28(18-30(27)38)34(45)39-52(48,49)44-14-11-37(9-10-37)12-15-44/h6-7,18-19,24H,8-17,20-22H2,1-5H3,(H,39,45)/t24-/m1/s1. The van der Waals surface area contributed by atoms with Crippen molar-refractivity contribution in [2.24, 2.45) is 5.41 Å². The predicted octanol–water partition coefficient (Wildman–Crippen LogP) is 3.64. The van der Waals surface area contributed by atoms with E-state index in [0.29, 0.717) is 49.5 Å². The molecule has 1 aliphatic carbocycles. The highest BCUT2D eigenvalue weighted by Crippen LogP contribution is 2.53. The highest BCUT2D eigenvalue weighted by Gasteiger charge is 2.46. The minimum absolute atomic E-state index is 0.00272. The molecule has 2 saturated heterocycles. The molecule has 1 aromatic heterocycles. The zero-order valence-corrected chi connectivity index (χ0v) is 32.0. The van der Waals surface area contributed by atoms with Gasteiger partial charge < -0.3 is 23.9 Å². The number of nitrogens with zero attached hydrogens (tertiary/aromatic N) is 5. The number of hydrogen-bond acceptors (Lipinski definition) is 10. The van der Waals surface area contributed by atoms with Gasteiger partial charge >= 0.3 is 15.8 Å². The molecule has 3 fully saturated rings. The maximum Gasteiger partial charge on any atom is 0.341 e. The third-order valence-corrected chi connectivity index (χ3v) is 13.4. The fourth-order valence-electron chi connectivity index (χ4n) is 8.07. The molecule has 3 aromatic rings. The quantitative estimate of drug-likeness (QED) is 0.340. The van der Waals surface area contributed by atoms with Gasteiger partial charge in [-0.2, -0.15) is 12.7 Å². The summed E-state index contributed by atoms with van der Waals surface area (Å²) in [6.45, 7) is 6.26. The van der Waals surface area contributed by atoms with Crippen molar-refractivity contribution < 1.29 is 27.2 Å². The topological polar surface area (TPSA) is 136 Å². The predicted molar refractivity (Wildman–Crippen MR) is 201 cm³/mol. The maximum absolute atomic E-state index is 14.0. The van der Waals surface area contributed by atoms with Gasteiger partial charge in [-0.1, -0.05) is 11.6 Å². The van der Waals surface area contributed by atoms with E-state index in [-0.39, 0.29) is 34.2 Å². The number of benzene rings is 2. The van der Waals surface area contributed by atoms with Gasteiger partial charge in [0.2, 0.25) is 0 Å². The molecule has 52 heavy (non-hydrogen) atoms. The van der Waals surface area contributed by atoms with Crippen LogP contribution in [0.3, 0.4) is 0 Å². The lowest BCUT2D eigenvalue weighted by atomic mass is 9.95. The second-order valence-electron chi connectivity index (χ2n) is 15.0. The van der Waals surface area contributed by atoms with E-state index in [1.54, 1.807) is 31.0 Å². The summed E-state index contributed by atoms with van der Waals surface area (Å²) in [4.78, 5) is 48.7. The van der Waals surface area contributed by atoms with E-state index in [2.05, 4.69) is 27.6 Å². The minimum Gasteiger partial charge on any atom is -0.422 e. The van der Waals surface area contributed by atoms with Crippen molar-refractivity contribution in [3.63, 3.8) is 0 Å². The first kappa shape index (κ1) is 36.7. The third-order valence-electron chi connectivity index (χ3n) is 11.6. The second-order valence-corrected chi connectivity index (χ2v) is 17.1. The molecule has 4 aliphatic rings. The van der Waals surface area contributed by atoms with E-state index in [0.717, 1.165) is 67.5 Å². The Morgan fingerprint density at radius 2 is 1.77 bits per heavy atom. The number of piperidine rings is 1. The number of likely N-dealkylation sites (N-methyl/N-ethyl adjacent to an activating group) is 1. The van der Waals surface area contributed by atoms with Crippen LogP contribution in [0, 0.1) is 12.3 Å². The molecule has 1 saturated carbocycles. The lowest BCUT2D eigenvalue weighted by molar-refractivity contribution is 0.0732. The Bertz CT molecular complexity index is 2090. The fraction of sp³-hybridized carbons (Fsp3) is 0.541. The molecular weight excluding hydrogens is 708 g/mol. The molecule has 0 radical (unpaired) electrons. The molecule has 1 atom stereocenters. The van der Waals surface area contributed by atoms with E-state index in [9.17, 15) is 22.8 Å². The van der Waals surface area contributed by atoms with Gasteiger partial charge in [-0.05, 0) is 81.3 Å². The van der Waals surface area contributed by atoms with Crippen LogP contribution in [0.4, 0.5) is 11.4 Å². The SMILES string of the molecule is COC[C@H]1CN(c2ccc3c4c(c(=O)oc3c2C)CN(C(=O)c2cc(N(C)C)c(C(=O)NS(=O)(=O)N3CCC5(CC3)CC5)cc2Cl)CC4)CCN1C. The zero-order chi connectivity index (χ0) is 37.1. The number of halogens is 1. The van der Waals surface area contributed by atoms with Crippen molar-refractivity contribution in [3.05, 3.63) is 67.5 Å². The molecule has 0 bridgehead atoms. The van der Waals surface area contributed by atoms with Gasteiger partial charge in [0, 0.05) is 82.8 Å². The van der Waals surface area contributed by atoms with Crippen molar-refractivity contribution in [3.8, 4) is 0 Å². The lowest BCUT2D eigenvalue weighted by Gasteiger charge is -2.41. The Morgan fingerprint density at radius 1 is 1.04 bits per heavy atom. The Morgan fingerprint density at radius 3 is 2.44 bits per heavy atom. The van der Waals surface area contributed by atoms with Gasteiger partial charge in [-0.3, -0.25) is 14.5 Å². The van der Waals surface area contributed by atoms with E-state index in [4.69, 9.17) is 20.8 Å². The van der Waals surface area contributed by atoms with Gasteiger partial charge in [0.1, 0.15) is 5.58 Å². The molecule has 2 aromatic carbocycles. The molecule has 1 spiro atoms. The van der Waals surface area contributed by atoms with Crippen molar-refractivity contribution in [1.29, 1.82) is 0 Å². The average Bonchev–Trinajstić information content (AvgIpc) is 3.87. The van der Waals surface area contributed by atoms with Crippen LogP contribution < -0.4 is 20.1 Å². The largest absolute Gasteiger partial charge is 0.422 e. The van der Waals surface area contributed by atoms with Crippen molar-refractivity contribution in [1.82, 2.24) is 18.8 Å². The zero-order valence-electron chi connectivity index (χ0n) is 30.5. The molecule has 3 aliphatic heterocycles. The first-order valence-corrected chi connectivity index (χ1v) is 19.7. The highest BCUT2D eigenvalue weighted by atomic mass is 35.5. The number of carbonyl (C=O) groups is 2. The molecule has 280 valence electrons. The molecule has 15 heteroatoms. The van der Waals surface area contributed by atoms with Crippen LogP contribution in [0.5, 0.6) is 0 Å². The van der Waals surface area contributed by atoms with Crippen molar-refractivity contribution >= 4 is 56.0 Å². The average molecular weight is 755 g/mol. The number of anilines is 2. The van der Waals surface area contributed by atoms with Crippen molar-refractivity contribution in [2.75, 3.05) is 83.9 Å². The van der Waals surface area contributed by atoms with E-state index >= 15 is 0 Å². The Kier molecular flexibility index (Phi) is 9.83. The molecule has 7 rings (SSSR count). The van der Waals surface area contributed by atoms with E-state index < -0.39 is 27.6 Å². The monoisotopic (exact) mass is 754 g/mol. The summed E-state index contributed by atoms with van der Waals surface area (Å²) >= 11 is 6.66. The number of fused-ring (bicyclic) bond motifs is 3. The molecule has 4 heterocycles. The number of hydrogen-bond donors (Lipinski definition) is 1. The van der Waals surface area contributed by atoms with Gasteiger partial charge in [0.15, 0.2) is 0 Å². The molecule has 13 nitrogen and oxygen atoms in total. The van der Waals surface area contributed by atoms with Crippen molar-refractivity contribution in [2.45, 2.75) is 51.6 Å². The Hall–Kier alpha value is -3.69. The Labute approximate surface area is 309 Å². The van der Waals surface area contributed by atoms with Gasteiger partial charge in [-0.25, -0.2) is 9.52 Å². The van der Waals surface area contributed by atoms with Crippen LogP contribution in [0.25, 0.3) is 11.0 Å². The van der Waals surface area contributed by atoms with Gasteiger partial charge in [0.25, 0.3) is 11.8 Å². The number of nitrogens with one attached hydrogen (secondary N) is 1. The summed E-state index contributed by atoms with van der Waals surface area (Å²) in [6.07, 6.45) is 4.29. The summed E-state index contributed by atoms with van der Waals surface area (Å²) in [5.41, 5.74) is 4.08. The number of methoxy groups -OCH3 is 1. The summed E-state index contributed by atoms with van der Waals surface area (Å²) in [5, 5.41) is 0.864. The first-order chi connectivity index (χ1) is 24.7. The van der Waals surface area contributed by atoms with Crippen LogP contribution in [-0.4, -0.2) is 115 Å². The Balaban J connectivity index is 1.11. The van der Waals surface area contributed by atoms with Gasteiger partial charge in [0.05, 0.1) is 40.9 Å². The highest BCUT2D eigenvalue weighted by molar-refractivity contribution is 7.87. The maximum atomic E-state index is 14.0. The minimum atomic E-state index is -4.07. The molecule has 0 unspecified atom stereocenters. The number of amides is 2. The summed E-state index contributed by atoms with van der Waals surface area (Å²) < 4.78 is 41.3. The first-order valence-electron chi connectivity index (χ1n) is 17.9. The van der Waals surface area contributed by atoms with Crippen LogP contribution in [-0.2, 0) is 27.9 Å². The van der Waals surface area contributed by atoms with E-state index in [1.807, 2.05) is 13.0 Å². The summed E-state index contributed by atoms with van der Waals surface area (Å²) in [6, 6.07) is 7.19. The third kappa shape index (κ3) is 6.79. The smallest absolute Gasteiger partial charge is 0.341 e. The van der Waals surface area contributed by atoms with Crippen LogP contribution in [0.15, 0.2) is 33.5 Å². The molecular formula is C37H47ClN6O7S. The normalized spacial score (nSPS) is 20.6. The van der Waals surface area contributed by atoms with Crippen LogP contribution in [0.2, 0.25) is 5.02 Å². The number of piperazine rings is 1. The van der Waals surface area contributed by atoms with Gasteiger partial charge in [-0.15, -0.1) is 0 Å². The second kappa shape index (κ2) is 13.9. The lowest BCUT2D eigenvalue weighted by Crippen LogP contribution is -2.53. The fourth-order valence-corrected chi connectivity index (χ4v) is 9.45. The molecule has 1 N–H and O–H groups in total. The molecule has 2 amide bonds. The number of aryl methyl sites for hydroxylation is 1. The van der Waals surface area contributed by atoms with Crippen LogP contribution in [0.1, 0.15) is 63.1 Å². The van der Waals surface area contributed by atoms with Crippen LogP contribution >= 0.6 is 11.6 Å². The number of ether oxygens (including phenoxy) is 1. The number of carbonyl (C=O) groups excluding carboxylic acids is 2. The summed E-state index contributed by atoms with van der Waals surface area (Å²) in [5.74, 6) is -1.24. The summed E-state index contributed by atoms with van der Waals surface area (Å²) in [7, 11) is 3.14. The number of rotatable bonds is 8. The van der Waals surface area contributed by atoms with E-state index in [1.165, 1.54) is 16.4 Å².